The Kier molecular flexibility index (Phi) is 8.40. The van der Waals surface area contributed by atoms with E-state index in [1.165, 1.54) is 29.2 Å². The highest BCUT2D eigenvalue weighted by Gasteiger charge is 2.38. The zero-order chi connectivity index (χ0) is 26.2. The van der Waals surface area contributed by atoms with E-state index in [1.54, 1.807) is 0 Å². The van der Waals surface area contributed by atoms with E-state index in [1.807, 2.05) is 60.7 Å². The highest BCUT2D eigenvalue weighted by atomic mass is 19.1. The molecule has 190 valence electrons. The van der Waals surface area contributed by atoms with Crippen LogP contribution in [0.25, 0.3) is 0 Å². The van der Waals surface area contributed by atoms with Gasteiger partial charge in [-0.25, -0.2) is 4.39 Å². The number of nitrogens with one attached hydrogen (secondary N) is 2. The normalized spacial score (nSPS) is 15.8. The Labute approximate surface area is 214 Å². The largest absolute Gasteiger partial charge is 0.345 e. The van der Waals surface area contributed by atoms with Gasteiger partial charge in [0.1, 0.15) is 17.9 Å². The van der Waals surface area contributed by atoms with Crippen molar-refractivity contribution in [2.24, 2.45) is 0 Å². The van der Waals surface area contributed by atoms with Crippen LogP contribution >= 0.6 is 0 Å². The van der Waals surface area contributed by atoms with Crippen molar-refractivity contribution in [3.05, 3.63) is 107 Å². The standard InChI is InChI=1S/C29H28FN3O4/c30-23-13-11-21(12-14-23)18-31-29(37)27(35)24(17-20-7-3-1-4-8-20)32-28(36)25-15-16-26(34)33(25)19-22-9-5-2-6-10-22/h1-14,24-25H,15-19H2,(H,31,37)(H,32,36). The molecular formula is C29H28FN3O4. The fraction of sp³-hybridized carbons (Fsp3) is 0.241. The number of hydrogen-bond donors (Lipinski definition) is 2. The number of hydrogen-bond acceptors (Lipinski definition) is 4. The first-order chi connectivity index (χ1) is 17.9. The van der Waals surface area contributed by atoms with Crippen LogP contribution in [0.2, 0.25) is 0 Å². The average molecular weight is 502 g/mol. The number of halogens is 1. The minimum atomic E-state index is -1.11. The quantitative estimate of drug-likeness (QED) is 0.418. The van der Waals surface area contributed by atoms with Gasteiger partial charge >= 0.3 is 0 Å². The molecule has 3 aromatic rings. The Balaban J connectivity index is 1.46. The molecule has 3 amide bonds. The van der Waals surface area contributed by atoms with Gasteiger partial charge in [-0.05, 0) is 35.2 Å². The van der Waals surface area contributed by atoms with Crippen molar-refractivity contribution >= 4 is 23.5 Å². The molecule has 0 aliphatic carbocycles. The zero-order valence-corrected chi connectivity index (χ0v) is 20.2. The summed E-state index contributed by atoms with van der Waals surface area (Å²) in [5, 5.41) is 5.29. The van der Waals surface area contributed by atoms with Gasteiger partial charge in [-0.15, -0.1) is 0 Å². The second-order valence-corrected chi connectivity index (χ2v) is 8.99. The van der Waals surface area contributed by atoms with Crippen LogP contribution < -0.4 is 10.6 Å². The number of likely N-dealkylation sites (tertiary alicyclic amines) is 1. The second kappa shape index (κ2) is 12.1. The molecule has 1 aliphatic rings. The van der Waals surface area contributed by atoms with E-state index >= 15 is 0 Å². The van der Waals surface area contributed by atoms with Gasteiger partial charge in [-0.3, -0.25) is 19.2 Å². The minimum absolute atomic E-state index is 0.0405. The predicted octanol–water partition coefficient (Wildman–Crippen LogP) is 2.93. The molecule has 1 aliphatic heterocycles. The lowest BCUT2D eigenvalue weighted by Gasteiger charge is -2.26. The summed E-state index contributed by atoms with van der Waals surface area (Å²) in [5.74, 6) is -2.65. The van der Waals surface area contributed by atoms with Gasteiger partial charge in [-0.1, -0.05) is 72.8 Å². The summed E-state index contributed by atoms with van der Waals surface area (Å²) in [7, 11) is 0. The summed E-state index contributed by atoms with van der Waals surface area (Å²) in [6.07, 6.45) is 0.690. The summed E-state index contributed by atoms with van der Waals surface area (Å²) in [5.41, 5.74) is 2.30. The van der Waals surface area contributed by atoms with Crippen LogP contribution in [-0.2, 0) is 38.7 Å². The molecule has 2 N–H and O–H groups in total. The first-order valence-corrected chi connectivity index (χ1v) is 12.1. The summed E-state index contributed by atoms with van der Waals surface area (Å²) < 4.78 is 13.1. The molecule has 1 saturated heterocycles. The van der Waals surface area contributed by atoms with Crippen LogP contribution in [0.4, 0.5) is 4.39 Å². The van der Waals surface area contributed by atoms with Crippen LogP contribution in [0.3, 0.4) is 0 Å². The molecule has 3 aromatic carbocycles. The molecule has 0 saturated carbocycles. The molecule has 0 aromatic heterocycles. The van der Waals surface area contributed by atoms with E-state index in [2.05, 4.69) is 10.6 Å². The lowest BCUT2D eigenvalue weighted by atomic mass is 10.0. The number of carbonyl (C=O) groups is 4. The minimum Gasteiger partial charge on any atom is -0.345 e. The highest BCUT2D eigenvalue weighted by molar-refractivity contribution is 6.38. The van der Waals surface area contributed by atoms with Gasteiger partial charge in [0.25, 0.3) is 5.91 Å². The molecule has 2 atom stereocenters. The third-order valence-corrected chi connectivity index (χ3v) is 6.33. The van der Waals surface area contributed by atoms with E-state index in [9.17, 15) is 23.6 Å². The average Bonchev–Trinajstić information content (AvgIpc) is 3.28. The van der Waals surface area contributed by atoms with Gasteiger partial charge < -0.3 is 15.5 Å². The molecule has 0 spiro atoms. The molecule has 0 radical (unpaired) electrons. The van der Waals surface area contributed by atoms with Crippen LogP contribution in [0, 0.1) is 5.82 Å². The topological polar surface area (TPSA) is 95.6 Å². The fourth-order valence-corrected chi connectivity index (χ4v) is 4.34. The molecule has 37 heavy (non-hydrogen) atoms. The van der Waals surface area contributed by atoms with E-state index in [4.69, 9.17) is 0 Å². The zero-order valence-electron chi connectivity index (χ0n) is 20.2. The molecule has 1 fully saturated rings. The van der Waals surface area contributed by atoms with Crippen molar-refractivity contribution in [1.82, 2.24) is 15.5 Å². The molecule has 7 nitrogen and oxygen atoms in total. The second-order valence-electron chi connectivity index (χ2n) is 8.99. The Morgan fingerprint density at radius 1 is 0.865 bits per heavy atom. The lowest BCUT2D eigenvalue weighted by Crippen LogP contribution is -2.53. The molecule has 0 bridgehead atoms. The van der Waals surface area contributed by atoms with E-state index in [0.29, 0.717) is 12.0 Å². The summed E-state index contributed by atoms with van der Waals surface area (Å²) in [6, 6.07) is 22.2. The number of amides is 3. The van der Waals surface area contributed by atoms with Crippen molar-refractivity contribution in [2.45, 2.75) is 44.4 Å². The maximum Gasteiger partial charge on any atom is 0.289 e. The predicted molar refractivity (Wildman–Crippen MR) is 135 cm³/mol. The highest BCUT2D eigenvalue weighted by Crippen LogP contribution is 2.22. The molecule has 1 heterocycles. The van der Waals surface area contributed by atoms with Gasteiger partial charge in [0.2, 0.25) is 17.6 Å². The third-order valence-electron chi connectivity index (χ3n) is 6.33. The van der Waals surface area contributed by atoms with Crippen molar-refractivity contribution in [3.8, 4) is 0 Å². The van der Waals surface area contributed by atoms with Crippen molar-refractivity contribution < 1.29 is 23.6 Å². The third kappa shape index (κ3) is 6.88. The maximum atomic E-state index is 13.3. The fourth-order valence-electron chi connectivity index (χ4n) is 4.34. The van der Waals surface area contributed by atoms with E-state index in [0.717, 1.165) is 11.1 Å². The van der Waals surface area contributed by atoms with Crippen LogP contribution in [0.15, 0.2) is 84.9 Å². The Hall–Kier alpha value is -4.33. The van der Waals surface area contributed by atoms with Crippen molar-refractivity contribution in [1.29, 1.82) is 0 Å². The Morgan fingerprint density at radius 2 is 1.49 bits per heavy atom. The first-order valence-electron chi connectivity index (χ1n) is 12.1. The Morgan fingerprint density at radius 3 is 2.14 bits per heavy atom. The molecule has 2 unspecified atom stereocenters. The number of rotatable bonds is 10. The molecular weight excluding hydrogens is 473 g/mol. The van der Waals surface area contributed by atoms with Crippen LogP contribution in [0.1, 0.15) is 29.5 Å². The molecule has 8 heteroatoms. The van der Waals surface area contributed by atoms with Crippen LogP contribution in [-0.4, -0.2) is 40.5 Å². The van der Waals surface area contributed by atoms with Gasteiger partial charge in [0.15, 0.2) is 0 Å². The van der Waals surface area contributed by atoms with Crippen LogP contribution in [0.5, 0.6) is 0 Å². The summed E-state index contributed by atoms with van der Waals surface area (Å²) >= 11 is 0. The number of Topliss-reactive ketones (excluding diaryl/α,β-unsaturated/α-hetero) is 1. The van der Waals surface area contributed by atoms with Crippen molar-refractivity contribution in [3.63, 3.8) is 0 Å². The number of benzene rings is 3. The number of nitrogens with zero attached hydrogens (tertiary/aromatic N) is 1. The van der Waals surface area contributed by atoms with Gasteiger partial charge in [-0.2, -0.15) is 0 Å². The van der Waals surface area contributed by atoms with Gasteiger partial charge in [0, 0.05) is 25.9 Å². The van der Waals surface area contributed by atoms with Gasteiger partial charge in [0.05, 0.1) is 0 Å². The van der Waals surface area contributed by atoms with E-state index < -0.39 is 35.5 Å². The lowest BCUT2D eigenvalue weighted by molar-refractivity contribution is -0.141. The Bertz CT molecular complexity index is 1250. The SMILES string of the molecule is O=C(NCc1ccc(F)cc1)C(=O)C(Cc1ccccc1)NC(=O)C1CCC(=O)N1Cc1ccccc1. The summed E-state index contributed by atoms with van der Waals surface area (Å²) in [6.45, 7) is 0.325. The number of ketones is 1. The summed E-state index contributed by atoms with van der Waals surface area (Å²) in [4.78, 5) is 53.2. The maximum absolute atomic E-state index is 13.3. The van der Waals surface area contributed by atoms with Crippen molar-refractivity contribution in [2.75, 3.05) is 0 Å². The number of carbonyl (C=O) groups excluding carboxylic acids is 4. The smallest absolute Gasteiger partial charge is 0.289 e. The molecule has 4 rings (SSSR count). The van der Waals surface area contributed by atoms with E-state index in [-0.39, 0.29) is 31.8 Å². The first kappa shape index (κ1) is 25.8. The monoisotopic (exact) mass is 501 g/mol.